The highest BCUT2D eigenvalue weighted by Crippen LogP contribution is 2.28. The van der Waals surface area contributed by atoms with E-state index >= 15 is 0 Å². The third kappa shape index (κ3) is 5.98. The third-order valence-corrected chi connectivity index (χ3v) is 5.86. The summed E-state index contributed by atoms with van der Waals surface area (Å²) in [6.07, 6.45) is 2.00. The zero-order valence-electron chi connectivity index (χ0n) is 16.0. The molecular weight excluding hydrogens is 348 g/mol. The van der Waals surface area contributed by atoms with E-state index in [0.717, 1.165) is 51.1 Å². The number of nitrogens with zero attached hydrogens (tertiary/aromatic N) is 2. The van der Waals surface area contributed by atoms with Crippen LogP contribution in [0.1, 0.15) is 31.2 Å². The number of benzene rings is 1. The fourth-order valence-corrected chi connectivity index (χ4v) is 3.80. The molecule has 1 aliphatic carbocycles. The fourth-order valence-electron chi connectivity index (χ4n) is 3.80. The van der Waals surface area contributed by atoms with Gasteiger partial charge < -0.3 is 10.2 Å². The number of rotatable bonds is 9. The molecular formula is C21H31F2N3O. The lowest BCUT2D eigenvalue weighted by Gasteiger charge is -2.38. The number of aryl methyl sites for hydroxylation is 1. The van der Waals surface area contributed by atoms with Gasteiger partial charge in [0.25, 0.3) is 6.43 Å². The molecule has 4 nitrogen and oxygen atoms in total. The zero-order chi connectivity index (χ0) is 19.1. The zero-order valence-corrected chi connectivity index (χ0v) is 16.0. The van der Waals surface area contributed by atoms with E-state index in [4.69, 9.17) is 0 Å². The molecule has 3 rings (SSSR count). The van der Waals surface area contributed by atoms with Crippen LogP contribution in [0.4, 0.5) is 8.78 Å². The standard InChI is InChI=1S/C21H31F2N3O/c22-20(23)19(10-9-17-5-2-1-3-6-17)24-11-12-25-13-15-26(16-14-25)21(27)18-7-4-8-18/h1-3,5-6,18-20,24H,4,7-16H2. The van der Waals surface area contributed by atoms with Crippen LogP contribution in [0.2, 0.25) is 0 Å². The number of hydrogen-bond acceptors (Lipinski definition) is 3. The monoisotopic (exact) mass is 379 g/mol. The Labute approximate surface area is 160 Å². The molecule has 0 bridgehead atoms. The van der Waals surface area contributed by atoms with E-state index < -0.39 is 12.5 Å². The summed E-state index contributed by atoms with van der Waals surface area (Å²) in [4.78, 5) is 16.5. The lowest BCUT2D eigenvalue weighted by Crippen LogP contribution is -2.52. The summed E-state index contributed by atoms with van der Waals surface area (Å²) in [7, 11) is 0. The Hall–Kier alpha value is -1.53. The van der Waals surface area contributed by atoms with E-state index in [2.05, 4.69) is 10.2 Å². The number of carbonyl (C=O) groups excluding carboxylic acids is 1. The minimum Gasteiger partial charge on any atom is -0.340 e. The summed E-state index contributed by atoms with van der Waals surface area (Å²) in [6.45, 7) is 4.51. The summed E-state index contributed by atoms with van der Waals surface area (Å²) < 4.78 is 26.6. The van der Waals surface area contributed by atoms with Crippen molar-refractivity contribution in [3.05, 3.63) is 35.9 Å². The predicted molar refractivity (Wildman–Crippen MR) is 103 cm³/mol. The summed E-state index contributed by atoms with van der Waals surface area (Å²) in [5.74, 6) is 0.576. The summed E-state index contributed by atoms with van der Waals surface area (Å²) in [5, 5.41) is 3.03. The molecule has 1 aliphatic heterocycles. The second kappa shape index (κ2) is 10.1. The van der Waals surface area contributed by atoms with Crippen molar-refractivity contribution in [2.75, 3.05) is 39.3 Å². The van der Waals surface area contributed by atoms with Crippen LogP contribution < -0.4 is 5.32 Å². The number of hydrogen-bond donors (Lipinski definition) is 1. The first-order chi connectivity index (χ1) is 13.1. The van der Waals surface area contributed by atoms with Gasteiger partial charge in [0.1, 0.15) is 0 Å². The molecule has 1 unspecified atom stereocenters. The number of carbonyl (C=O) groups is 1. The Kier molecular flexibility index (Phi) is 7.59. The quantitative estimate of drug-likeness (QED) is 0.717. The van der Waals surface area contributed by atoms with Crippen molar-refractivity contribution in [2.24, 2.45) is 5.92 Å². The van der Waals surface area contributed by atoms with Gasteiger partial charge in [0.15, 0.2) is 0 Å². The van der Waals surface area contributed by atoms with Crippen LogP contribution in [-0.2, 0) is 11.2 Å². The normalized spacial score (nSPS) is 19.9. The molecule has 1 amide bonds. The third-order valence-electron chi connectivity index (χ3n) is 5.86. The van der Waals surface area contributed by atoms with E-state index in [-0.39, 0.29) is 5.92 Å². The number of alkyl halides is 2. The van der Waals surface area contributed by atoms with Crippen molar-refractivity contribution < 1.29 is 13.6 Å². The van der Waals surface area contributed by atoms with Crippen LogP contribution >= 0.6 is 0 Å². The Morgan fingerprint density at radius 1 is 1.11 bits per heavy atom. The van der Waals surface area contributed by atoms with E-state index in [1.54, 1.807) is 0 Å². The molecule has 2 fully saturated rings. The Morgan fingerprint density at radius 2 is 1.81 bits per heavy atom. The van der Waals surface area contributed by atoms with Gasteiger partial charge in [-0.05, 0) is 31.2 Å². The molecule has 1 aromatic rings. The van der Waals surface area contributed by atoms with Crippen LogP contribution in [0.5, 0.6) is 0 Å². The van der Waals surface area contributed by atoms with Crippen LogP contribution in [0, 0.1) is 5.92 Å². The maximum atomic E-state index is 13.3. The number of piperazine rings is 1. The van der Waals surface area contributed by atoms with E-state index in [9.17, 15) is 13.6 Å². The highest BCUT2D eigenvalue weighted by atomic mass is 19.3. The summed E-state index contributed by atoms with van der Waals surface area (Å²) in [5.41, 5.74) is 1.09. The number of halogens is 2. The lowest BCUT2D eigenvalue weighted by molar-refractivity contribution is -0.139. The molecule has 150 valence electrons. The van der Waals surface area contributed by atoms with Crippen LogP contribution in [0.15, 0.2) is 30.3 Å². The smallest absolute Gasteiger partial charge is 0.253 e. The highest BCUT2D eigenvalue weighted by molar-refractivity contribution is 5.79. The molecule has 1 aromatic carbocycles. The SMILES string of the molecule is O=C(C1CCC1)N1CCN(CCNC(CCc2ccccc2)C(F)F)CC1. The predicted octanol–water partition coefficient (Wildman–Crippen LogP) is 2.79. The highest BCUT2D eigenvalue weighted by Gasteiger charge is 2.31. The van der Waals surface area contributed by atoms with Gasteiger partial charge >= 0.3 is 0 Å². The van der Waals surface area contributed by atoms with Gasteiger partial charge in [-0.25, -0.2) is 8.78 Å². The van der Waals surface area contributed by atoms with Crippen molar-refractivity contribution in [1.29, 1.82) is 0 Å². The Bertz CT molecular complexity index is 572. The summed E-state index contributed by atoms with van der Waals surface area (Å²) in [6, 6.07) is 9.00. The molecule has 6 heteroatoms. The first-order valence-electron chi connectivity index (χ1n) is 10.2. The molecule has 1 N–H and O–H groups in total. The van der Waals surface area contributed by atoms with Crippen molar-refractivity contribution in [3.8, 4) is 0 Å². The van der Waals surface area contributed by atoms with Crippen molar-refractivity contribution in [2.45, 2.75) is 44.6 Å². The molecule has 1 atom stereocenters. The first-order valence-corrected chi connectivity index (χ1v) is 10.2. The average molecular weight is 379 g/mol. The van der Waals surface area contributed by atoms with Gasteiger partial charge in [0.05, 0.1) is 6.04 Å². The maximum Gasteiger partial charge on any atom is 0.253 e. The first kappa shape index (κ1) is 20.2. The minimum atomic E-state index is -2.36. The largest absolute Gasteiger partial charge is 0.340 e. The molecule has 0 aromatic heterocycles. The summed E-state index contributed by atoms with van der Waals surface area (Å²) >= 11 is 0. The molecule has 1 saturated carbocycles. The number of amides is 1. The van der Waals surface area contributed by atoms with E-state index in [0.29, 0.717) is 25.3 Å². The molecule has 0 spiro atoms. The lowest BCUT2D eigenvalue weighted by atomic mass is 9.84. The Morgan fingerprint density at radius 3 is 2.41 bits per heavy atom. The number of nitrogens with one attached hydrogen (secondary N) is 1. The van der Waals surface area contributed by atoms with Crippen LogP contribution in [0.3, 0.4) is 0 Å². The van der Waals surface area contributed by atoms with Crippen LogP contribution in [-0.4, -0.2) is 67.4 Å². The fraction of sp³-hybridized carbons (Fsp3) is 0.667. The Balaban J connectivity index is 1.33. The van der Waals surface area contributed by atoms with Crippen molar-refractivity contribution in [3.63, 3.8) is 0 Å². The molecule has 1 heterocycles. The van der Waals surface area contributed by atoms with E-state index in [1.807, 2.05) is 35.2 Å². The van der Waals surface area contributed by atoms with Gasteiger partial charge in [-0.15, -0.1) is 0 Å². The van der Waals surface area contributed by atoms with Gasteiger partial charge in [-0.2, -0.15) is 0 Å². The maximum absolute atomic E-state index is 13.3. The van der Waals surface area contributed by atoms with E-state index in [1.165, 1.54) is 6.42 Å². The molecule has 27 heavy (non-hydrogen) atoms. The van der Waals surface area contributed by atoms with Crippen molar-refractivity contribution in [1.82, 2.24) is 15.1 Å². The molecule has 0 radical (unpaired) electrons. The second-order valence-corrected chi connectivity index (χ2v) is 7.71. The molecule has 1 saturated heterocycles. The average Bonchev–Trinajstić information content (AvgIpc) is 2.64. The van der Waals surface area contributed by atoms with Crippen LogP contribution in [0.25, 0.3) is 0 Å². The van der Waals surface area contributed by atoms with Gasteiger partial charge in [0, 0.05) is 45.2 Å². The topological polar surface area (TPSA) is 35.6 Å². The van der Waals surface area contributed by atoms with Gasteiger partial charge in [0.2, 0.25) is 5.91 Å². The van der Waals surface area contributed by atoms with Crippen molar-refractivity contribution >= 4 is 5.91 Å². The van der Waals surface area contributed by atoms with Gasteiger partial charge in [-0.1, -0.05) is 36.8 Å². The molecule has 2 aliphatic rings. The van der Waals surface area contributed by atoms with Gasteiger partial charge in [-0.3, -0.25) is 9.69 Å². The second-order valence-electron chi connectivity index (χ2n) is 7.71. The minimum absolute atomic E-state index is 0.259.